The lowest BCUT2D eigenvalue weighted by Gasteiger charge is -2.11. The van der Waals surface area contributed by atoms with Gasteiger partial charge >= 0.3 is 0 Å². The van der Waals surface area contributed by atoms with Gasteiger partial charge in [-0.2, -0.15) is 0 Å². The topological polar surface area (TPSA) is 62.1 Å². The number of aryl methyl sites for hydroxylation is 1. The Morgan fingerprint density at radius 3 is 2.62 bits per heavy atom. The van der Waals surface area contributed by atoms with Gasteiger partial charge in [-0.15, -0.1) is 5.10 Å². The van der Waals surface area contributed by atoms with Crippen LogP contribution in [-0.4, -0.2) is 46.5 Å². The molecule has 0 saturated heterocycles. The standard InChI is InChI=1S/C6H12N4O2S/c1-10-6(7-8-9-10)13-4-5(11-2)12-3/h5H,4H2,1-3H3. The zero-order chi connectivity index (χ0) is 9.68. The fourth-order valence-electron chi connectivity index (χ4n) is 0.718. The van der Waals surface area contributed by atoms with Crippen LogP contribution in [0.3, 0.4) is 0 Å². The number of nitrogens with zero attached hydrogens (tertiary/aromatic N) is 4. The molecule has 0 N–H and O–H groups in total. The molecule has 0 amide bonds. The minimum Gasteiger partial charge on any atom is -0.355 e. The van der Waals surface area contributed by atoms with Gasteiger partial charge in [0, 0.05) is 21.3 Å². The minimum absolute atomic E-state index is 0.221. The number of hydrogen-bond donors (Lipinski definition) is 0. The Kier molecular flexibility index (Phi) is 4.13. The van der Waals surface area contributed by atoms with Gasteiger partial charge in [0.1, 0.15) is 0 Å². The predicted octanol–water partition coefficient (Wildman–Crippen LogP) is -0.0789. The molecule has 1 rings (SSSR count). The van der Waals surface area contributed by atoms with Crippen molar-refractivity contribution in [2.75, 3.05) is 20.0 Å². The maximum Gasteiger partial charge on any atom is 0.209 e. The number of hydrogen-bond acceptors (Lipinski definition) is 6. The number of methoxy groups -OCH3 is 2. The molecule has 7 heteroatoms. The zero-order valence-electron chi connectivity index (χ0n) is 7.80. The van der Waals surface area contributed by atoms with E-state index in [0.717, 1.165) is 5.16 Å². The van der Waals surface area contributed by atoms with Crippen molar-refractivity contribution in [3.05, 3.63) is 0 Å². The third-order valence-corrected chi connectivity index (χ3v) is 2.50. The van der Waals surface area contributed by atoms with E-state index in [9.17, 15) is 0 Å². The van der Waals surface area contributed by atoms with E-state index < -0.39 is 0 Å². The second-order valence-corrected chi connectivity index (χ2v) is 3.28. The molecule has 0 saturated carbocycles. The van der Waals surface area contributed by atoms with Crippen LogP contribution in [-0.2, 0) is 16.5 Å². The maximum absolute atomic E-state index is 5.02. The SMILES string of the molecule is COC(CSc1nnnn1C)OC. The molecule has 0 aliphatic rings. The Labute approximate surface area is 80.6 Å². The number of thioether (sulfide) groups is 1. The molecule has 0 aliphatic heterocycles. The monoisotopic (exact) mass is 204 g/mol. The largest absolute Gasteiger partial charge is 0.355 e. The Bertz CT molecular complexity index is 251. The van der Waals surface area contributed by atoms with E-state index in [1.165, 1.54) is 11.8 Å². The first kappa shape index (κ1) is 10.4. The minimum atomic E-state index is -0.221. The van der Waals surface area contributed by atoms with Gasteiger partial charge in [0.2, 0.25) is 5.16 Å². The molecule has 0 unspecified atom stereocenters. The molecule has 0 atom stereocenters. The molecule has 1 heterocycles. The van der Waals surface area contributed by atoms with Crippen molar-refractivity contribution in [3.8, 4) is 0 Å². The van der Waals surface area contributed by atoms with Crippen molar-refractivity contribution in [3.63, 3.8) is 0 Å². The van der Waals surface area contributed by atoms with Gasteiger partial charge in [-0.1, -0.05) is 11.8 Å². The Balaban J connectivity index is 2.38. The van der Waals surface area contributed by atoms with E-state index in [4.69, 9.17) is 9.47 Å². The Hall–Kier alpha value is -0.660. The molecule has 0 bridgehead atoms. The molecule has 1 aromatic heterocycles. The van der Waals surface area contributed by atoms with Crippen LogP contribution in [0.1, 0.15) is 0 Å². The Morgan fingerprint density at radius 2 is 2.15 bits per heavy atom. The van der Waals surface area contributed by atoms with Crippen LogP contribution in [0, 0.1) is 0 Å². The molecule has 13 heavy (non-hydrogen) atoms. The van der Waals surface area contributed by atoms with Gasteiger partial charge in [-0.3, -0.25) is 0 Å². The molecule has 0 aliphatic carbocycles. The smallest absolute Gasteiger partial charge is 0.209 e. The average molecular weight is 204 g/mol. The summed E-state index contributed by atoms with van der Waals surface area (Å²) >= 11 is 1.49. The first-order chi connectivity index (χ1) is 6.27. The highest BCUT2D eigenvalue weighted by molar-refractivity contribution is 7.99. The molecular weight excluding hydrogens is 192 g/mol. The lowest BCUT2D eigenvalue weighted by molar-refractivity contribution is -0.0842. The number of ether oxygens (including phenoxy) is 2. The molecule has 0 fully saturated rings. The molecule has 74 valence electrons. The molecule has 0 spiro atoms. The highest BCUT2D eigenvalue weighted by Crippen LogP contribution is 2.14. The van der Waals surface area contributed by atoms with Gasteiger partial charge in [-0.25, -0.2) is 4.68 Å². The van der Waals surface area contributed by atoms with Crippen molar-refractivity contribution in [2.24, 2.45) is 7.05 Å². The predicted molar refractivity (Wildman–Crippen MR) is 47.3 cm³/mol. The van der Waals surface area contributed by atoms with Gasteiger partial charge in [0.05, 0.1) is 5.75 Å². The lowest BCUT2D eigenvalue weighted by Crippen LogP contribution is -2.16. The number of aromatic nitrogens is 4. The Morgan fingerprint density at radius 1 is 1.46 bits per heavy atom. The second-order valence-electron chi connectivity index (χ2n) is 2.30. The second kappa shape index (κ2) is 5.15. The molecule has 6 nitrogen and oxygen atoms in total. The summed E-state index contributed by atoms with van der Waals surface area (Å²) in [4.78, 5) is 0. The summed E-state index contributed by atoms with van der Waals surface area (Å²) in [5.41, 5.74) is 0. The van der Waals surface area contributed by atoms with Crippen LogP contribution in [0.15, 0.2) is 5.16 Å². The fourth-order valence-corrected chi connectivity index (χ4v) is 1.59. The van der Waals surface area contributed by atoms with Gasteiger partial charge in [0.15, 0.2) is 6.29 Å². The van der Waals surface area contributed by atoms with Crippen LogP contribution in [0.2, 0.25) is 0 Å². The average Bonchev–Trinajstić information content (AvgIpc) is 2.54. The van der Waals surface area contributed by atoms with E-state index in [0.29, 0.717) is 5.75 Å². The van der Waals surface area contributed by atoms with E-state index >= 15 is 0 Å². The number of rotatable bonds is 5. The summed E-state index contributed by atoms with van der Waals surface area (Å²) in [6.07, 6.45) is -0.221. The summed E-state index contributed by atoms with van der Waals surface area (Å²) < 4.78 is 11.6. The summed E-state index contributed by atoms with van der Waals surface area (Å²) in [6, 6.07) is 0. The van der Waals surface area contributed by atoms with Gasteiger partial charge < -0.3 is 9.47 Å². The van der Waals surface area contributed by atoms with Crippen molar-refractivity contribution in [2.45, 2.75) is 11.4 Å². The van der Waals surface area contributed by atoms with E-state index in [1.54, 1.807) is 25.9 Å². The highest BCUT2D eigenvalue weighted by atomic mass is 32.2. The van der Waals surface area contributed by atoms with E-state index in [1.807, 2.05) is 0 Å². The quantitative estimate of drug-likeness (QED) is 0.494. The molecule has 0 aromatic carbocycles. The first-order valence-electron chi connectivity index (χ1n) is 3.68. The third-order valence-electron chi connectivity index (χ3n) is 1.46. The summed E-state index contributed by atoms with van der Waals surface area (Å²) in [5, 5.41) is 11.8. The molecule has 0 radical (unpaired) electrons. The highest BCUT2D eigenvalue weighted by Gasteiger charge is 2.09. The normalized spacial score (nSPS) is 11.1. The lowest BCUT2D eigenvalue weighted by atomic mass is 10.7. The number of tetrazole rings is 1. The van der Waals surface area contributed by atoms with Crippen LogP contribution in [0.5, 0.6) is 0 Å². The van der Waals surface area contributed by atoms with Crippen LogP contribution >= 0.6 is 11.8 Å². The van der Waals surface area contributed by atoms with E-state index in [-0.39, 0.29) is 6.29 Å². The molecule has 1 aromatic rings. The van der Waals surface area contributed by atoms with E-state index in [2.05, 4.69) is 15.5 Å². The summed E-state index contributed by atoms with van der Waals surface area (Å²) in [7, 11) is 4.99. The van der Waals surface area contributed by atoms with Gasteiger partial charge in [-0.05, 0) is 10.4 Å². The van der Waals surface area contributed by atoms with Crippen molar-refractivity contribution in [1.82, 2.24) is 20.2 Å². The van der Waals surface area contributed by atoms with Crippen LogP contribution < -0.4 is 0 Å². The van der Waals surface area contributed by atoms with Crippen molar-refractivity contribution >= 4 is 11.8 Å². The van der Waals surface area contributed by atoms with Crippen LogP contribution in [0.25, 0.3) is 0 Å². The zero-order valence-corrected chi connectivity index (χ0v) is 8.61. The van der Waals surface area contributed by atoms with Crippen molar-refractivity contribution in [1.29, 1.82) is 0 Å². The molecular formula is C6H12N4O2S. The van der Waals surface area contributed by atoms with Crippen LogP contribution in [0.4, 0.5) is 0 Å². The first-order valence-corrected chi connectivity index (χ1v) is 4.67. The van der Waals surface area contributed by atoms with Gasteiger partial charge in [0.25, 0.3) is 0 Å². The maximum atomic E-state index is 5.02. The third kappa shape index (κ3) is 2.94. The van der Waals surface area contributed by atoms with Crippen molar-refractivity contribution < 1.29 is 9.47 Å². The summed E-state index contributed by atoms with van der Waals surface area (Å²) in [6.45, 7) is 0. The fraction of sp³-hybridized carbons (Fsp3) is 0.833. The summed E-state index contributed by atoms with van der Waals surface area (Å²) in [5.74, 6) is 0.668.